The second-order valence-electron chi connectivity index (χ2n) is 8.43. The summed E-state index contributed by atoms with van der Waals surface area (Å²) in [6.07, 6.45) is 1.45. The van der Waals surface area contributed by atoms with Crippen LogP contribution in [0.15, 0.2) is 58.7 Å². The monoisotopic (exact) mass is 515 g/mol. The summed E-state index contributed by atoms with van der Waals surface area (Å²) < 4.78 is 5.69. The van der Waals surface area contributed by atoms with Crippen LogP contribution in [0, 0.1) is 0 Å². The number of rotatable bonds is 9. The van der Waals surface area contributed by atoms with Gasteiger partial charge in [0.1, 0.15) is 29.1 Å². The molecular formula is C25H23Cl2N3O3S. The van der Waals surface area contributed by atoms with Crippen LogP contribution < -0.4 is 10.3 Å². The number of H-pyrrole nitrogens is 1. The van der Waals surface area contributed by atoms with Crippen molar-refractivity contribution in [2.75, 3.05) is 13.2 Å². The first-order valence-electron chi connectivity index (χ1n) is 11.0. The van der Waals surface area contributed by atoms with Crippen LogP contribution in [0.4, 0.5) is 0 Å². The number of fused-ring (bicyclic) bond motifs is 1. The zero-order valence-electron chi connectivity index (χ0n) is 18.2. The van der Waals surface area contributed by atoms with Crippen molar-refractivity contribution in [3.8, 4) is 16.9 Å². The largest absolute Gasteiger partial charge is 0.491 e. The first kappa shape index (κ1) is 23.3. The Kier molecular flexibility index (Phi) is 6.90. The number of aliphatic hydroxyl groups excluding tert-OH is 1. The van der Waals surface area contributed by atoms with Crippen molar-refractivity contribution in [2.24, 2.45) is 0 Å². The summed E-state index contributed by atoms with van der Waals surface area (Å²) in [5.74, 6) is 1.25. The molecule has 4 aromatic rings. The van der Waals surface area contributed by atoms with Gasteiger partial charge in [0.2, 0.25) is 0 Å². The highest BCUT2D eigenvalue weighted by Crippen LogP contribution is 2.33. The molecule has 2 N–H and O–H groups in total. The van der Waals surface area contributed by atoms with Crippen molar-refractivity contribution in [3.05, 3.63) is 80.1 Å². The molecule has 176 valence electrons. The Labute approximate surface area is 210 Å². The predicted octanol–water partition coefficient (Wildman–Crippen LogP) is 5.36. The van der Waals surface area contributed by atoms with Crippen molar-refractivity contribution in [2.45, 2.75) is 31.5 Å². The molecule has 0 saturated heterocycles. The lowest BCUT2D eigenvalue weighted by molar-refractivity contribution is 0.0617. The molecule has 0 radical (unpaired) electrons. The van der Waals surface area contributed by atoms with E-state index in [0.29, 0.717) is 51.0 Å². The lowest BCUT2D eigenvalue weighted by Crippen LogP contribution is -2.37. The summed E-state index contributed by atoms with van der Waals surface area (Å²) in [5.41, 5.74) is 1.55. The van der Waals surface area contributed by atoms with Crippen LogP contribution in [0.1, 0.15) is 18.7 Å². The topological polar surface area (TPSA) is 78.5 Å². The summed E-state index contributed by atoms with van der Waals surface area (Å²) in [6.45, 7) is 1.05. The van der Waals surface area contributed by atoms with Crippen molar-refractivity contribution < 1.29 is 9.84 Å². The maximum absolute atomic E-state index is 13.0. The van der Waals surface area contributed by atoms with Crippen LogP contribution in [-0.4, -0.2) is 45.3 Å². The van der Waals surface area contributed by atoms with Crippen molar-refractivity contribution >= 4 is 44.8 Å². The Morgan fingerprint density at radius 3 is 2.71 bits per heavy atom. The highest BCUT2D eigenvalue weighted by atomic mass is 35.5. The van der Waals surface area contributed by atoms with E-state index >= 15 is 0 Å². The van der Waals surface area contributed by atoms with Gasteiger partial charge in [-0.25, -0.2) is 4.98 Å². The van der Waals surface area contributed by atoms with E-state index < -0.39 is 6.10 Å². The minimum atomic E-state index is -0.678. The van der Waals surface area contributed by atoms with Crippen molar-refractivity contribution in [1.82, 2.24) is 14.9 Å². The lowest BCUT2D eigenvalue weighted by Gasteiger charge is -2.24. The first-order chi connectivity index (χ1) is 16.5. The molecule has 1 unspecified atom stereocenters. The van der Waals surface area contributed by atoms with Gasteiger partial charge in [-0.1, -0.05) is 35.3 Å². The molecule has 1 fully saturated rings. The second kappa shape index (κ2) is 10.1. The van der Waals surface area contributed by atoms with Crippen molar-refractivity contribution in [1.29, 1.82) is 0 Å². The van der Waals surface area contributed by atoms with Gasteiger partial charge in [0, 0.05) is 33.6 Å². The van der Waals surface area contributed by atoms with E-state index in [2.05, 4.69) is 9.88 Å². The van der Waals surface area contributed by atoms with E-state index in [0.717, 1.165) is 24.0 Å². The number of thiophene rings is 1. The minimum absolute atomic E-state index is 0.168. The maximum atomic E-state index is 13.0. The van der Waals surface area contributed by atoms with Crippen LogP contribution in [-0.2, 0) is 6.54 Å². The number of benzene rings is 2. The van der Waals surface area contributed by atoms with E-state index in [4.69, 9.17) is 32.9 Å². The Morgan fingerprint density at radius 1 is 1.18 bits per heavy atom. The van der Waals surface area contributed by atoms with Crippen molar-refractivity contribution in [3.63, 3.8) is 0 Å². The molecule has 6 nitrogen and oxygen atoms in total. The SMILES string of the molecule is O=c1[nH]c(CN(CC(O)COc2ccc(Cl)cc2)C2CC2)nc2scc(-c3cccc(Cl)c3)c12. The van der Waals surface area contributed by atoms with Crippen LogP contribution >= 0.6 is 34.5 Å². The van der Waals surface area contributed by atoms with Gasteiger partial charge in [-0.2, -0.15) is 0 Å². The van der Waals surface area contributed by atoms with Crippen LogP contribution in [0.5, 0.6) is 5.75 Å². The summed E-state index contributed by atoms with van der Waals surface area (Å²) in [6, 6.07) is 14.9. The number of aliphatic hydroxyl groups is 1. The Balaban J connectivity index is 1.29. The number of hydrogen-bond acceptors (Lipinski definition) is 6. The molecule has 2 heterocycles. The van der Waals surface area contributed by atoms with Crippen LogP contribution in [0.25, 0.3) is 21.3 Å². The molecule has 5 rings (SSSR count). The quantitative estimate of drug-likeness (QED) is 0.313. The Bertz CT molecular complexity index is 1350. The van der Waals surface area contributed by atoms with E-state index in [1.807, 2.05) is 29.6 Å². The zero-order chi connectivity index (χ0) is 23.7. The molecule has 0 amide bonds. The standard InChI is InChI=1S/C25H23Cl2N3O3S/c26-16-4-8-20(9-5-16)33-13-19(31)11-30(18-6-7-18)12-22-28-24(32)23-21(14-34-25(23)29-22)15-2-1-3-17(27)10-15/h1-5,8-10,14,18-19,31H,6-7,11-13H2,(H,28,29,32). The summed E-state index contributed by atoms with van der Waals surface area (Å²) in [7, 11) is 0. The third-order valence-electron chi connectivity index (χ3n) is 5.75. The number of aromatic nitrogens is 2. The maximum Gasteiger partial charge on any atom is 0.260 e. The fourth-order valence-electron chi connectivity index (χ4n) is 3.96. The van der Waals surface area contributed by atoms with E-state index in [-0.39, 0.29) is 12.2 Å². The molecule has 1 saturated carbocycles. The molecule has 2 aromatic heterocycles. The van der Waals surface area contributed by atoms with Gasteiger partial charge in [-0.15, -0.1) is 11.3 Å². The van der Waals surface area contributed by atoms with E-state index in [9.17, 15) is 9.90 Å². The van der Waals surface area contributed by atoms with Gasteiger partial charge in [-0.05, 0) is 54.8 Å². The van der Waals surface area contributed by atoms with Gasteiger partial charge >= 0.3 is 0 Å². The lowest BCUT2D eigenvalue weighted by atomic mass is 10.1. The van der Waals surface area contributed by atoms with Gasteiger partial charge in [0.05, 0.1) is 11.9 Å². The third kappa shape index (κ3) is 5.45. The van der Waals surface area contributed by atoms with E-state index in [1.54, 1.807) is 24.3 Å². The fraction of sp³-hybridized carbons (Fsp3) is 0.280. The molecule has 1 atom stereocenters. The molecule has 2 aromatic carbocycles. The molecule has 1 aliphatic carbocycles. The molecular weight excluding hydrogens is 493 g/mol. The Morgan fingerprint density at radius 2 is 1.97 bits per heavy atom. The first-order valence-corrected chi connectivity index (χ1v) is 12.7. The average Bonchev–Trinajstić information content (AvgIpc) is 3.57. The second-order valence-corrected chi connectivity index (χ2v) is 10.2. The third-order valence-corrected chi connectivity index (χ3v) is 7.11. The van der Waals surface area contributed by atoms with Gasteiger partial charge in [0.15, 0.2) is 0 Å². The molecule has 1 aliphatic rings. The van der Waals surface area contributed by atoms with Gasteiger partial charge < -0.3 is 14.8 Å². The number of hydrogen-bond donors (Lipinski definition) is 2. The fourth-order valence-corrected chi connectivity index (χ4v) is 5.24. The van der Waals surface area contributed by atoms with Crippen LogP contribution in [0.2, 0.25) is 10.0 Å². The summed E-state index contributed by atoms with van der Waals surface area (Å²) in [4.78, 5) is 23.5. The van der Waals surface area contributed by atoms with E-state index in [1.165, 1.54) is 11.3 Å². The molecule has 0 aliphatic heterocycles. The number of ether oxygens (including phenoxy) is 1. The Hall–Kier alpha value is -2.42. The predicted molar refractivity (Wildman–Crippen MR) is 137 cm³/mol. The minimum Gasteiger partial charge on any atom is -0.491 e. The zero-order valence-corrected chi connectivity index (χ0v) is 20.5. The highest BCUT2D eigenvalue weighted by molar-refractivity contribution is 7.17. The average molecular weight is 516 g/mol. The molecule has 34 heavy (non-hydrogen) atoms. The molecule has 0 bridgehead atoms. The molecule has 9 heteroatoms. The molecule has 0 spiro atoms. The van der Waals surface area contributed by atoms with Gasteiger partial charge in [-0.3, -0.25) is 9.69 Å². The number of halogens is 2. The number of aromatic amines is 1. The number of nitrogens with one attached hydrogen (secondary N) is 1. The van der Waals surface area contributed by atoms with Crippen LogP contribution in [0.3, 0.4) is 0 Å². The summed E-state index contributed by atoms with van der Waals surface area (Å²) >= 11 is 13.5. The summed E-state index contributed by atoms with van der Waals surface area (Å²) in [5, 5.41) is 14.3. The smallest absolute Gasteiger partial charge is 0.260 e. The number of nitrogens with zero attached hydrogens (tertiary/aromatic N) is 2. The normalized spacial score (nSPS) is 14.6. The van der Waals surface area contributed by atoms with Gasteiger partial charge in [0.25, 0.3) is 5.56 Å². The highest BCUT2D eigenvalue weighted by Gasteiger charge is 2.31.